The van der Waals surface area contributed by atoms with Crippen molar-refractivity contribution >= 4 is 16.5 Å². The summed E-state index contributed by atoms with van der Waals surface area (Å²) in [6, 6.07) is 15.5. The monoisotopic (exact) mass is 357 g/mol. The maximum Gasteiger partial charge on any atom is 0.416 e. The second-order valence-corrected chi connectivity index (χ2v) is 6.73. The summed E-state index contributed by atoms with van der Waals surface area (Å²) in [5, 5.41) is 2.05. The van der Waals surface area contributed by atoms with Crippen molar-refractivity contribution in [3.63, 3.8) is 0 Å². The van der Waals surface area contributed by atoms with Crippen molar-refractivity contribution in [2.75, 3.05) is 11.6 Å². The SMILES string of the molecule is CC(C)N1COc2cc(-c3ccc(C(F)(F)F)cc3)c3ccccc3c21. The number of alkyl halides is 3. The Hall–Kier alpha value is -2.69. The molecule has 0 unspecified atom stereocenters. The molecule has 0 atom stereocenters. The number of halogens is 3. The molecule has 0 amide bonds. The molecule has 0 N–H and O–H groups in total. The number of rotatable bonds is 2. The smallest absolute Gasteiger partial charge is 0.416 e. The van der Waals surface area contributed by atoms with E-state index in [1.165, 1.54) is 12.1 Å². The van der Waals surface area contributed by atoms with Crippen LogP contribution in [0.15, 0.2) is 54.6 Å². The van der Waals surface area contributed by atoms with Crippen LogP contribution in [0.25, 0.3) is 21.9 Å². The van der Waals surface area contributed by atoms with Crippen molar-refractivity contribution in [1.29, 1.82) is 0 Å². The minimum Gasteiger partial charge on any atom is -0.471 e. The van der Waals surface area contributed by atoms with E-state index in [9.17, 15) is 13.2 Å². The van der Waals surface area contributed by atoms with E-state index in [0.29, 0.717) is 6.73 Å². The number of hydrogen-bond donors (Lipinski definition) is 0. The zero-order chi connectivity index (χ0) is 18.5. The molecule has 26 heavy (non-hydrogen) atoms. The average molecular weight is 357 g/mol. The van der Waals surface area contributed by atoms with Crippen LogP contribution in [0.5, 0.6) is 5.75 Å². The first-order chi connectivity index (χ1) is 12.4. The lowest BCUT2D eigenvalue weighted by molar-refractivity contribution is -0.137. The standard InChI is InChI=1S/C21H18F3NO/c1-13(2)25-12-26-19-11-18(16-5-3-4-6-17(16)20(19)25)14-7-9-15(10-8-14)21(22,23)24/h3-11,13H,12H2,1-2H3. The van der Waals surface area contributed by atoms with Crippen LogP contribution in [-0.4, -0.2) is 12.8 Å². The van der Waals surface area contributed by atoms with Crippen molar-refractivity contribution in [3.05, 3.63) is 60.2 Å². The predicted octanol–water partition coefficient (Wildman–Crippen LogP) is 6.09. The minimum atomic E-state index is -4.33. The summed E-state index contributed by atoms with van der Waals surface area (Å²) in [4.78, 5) is 2.19. The quantitative estimate of drug-likeness (QED) is 0.550. The Bertz CT molecular complexity index is 961. The fourth-order valence-electron chi connectivity index (χ4n) is 3.43. The van der Waals surface area contributed by atoms with E-state index >= 15 is 0 Å². The van der Waals surface area contributed by atoms with Gasteiger partial charge in [0, 0.05) is 11.4 Å². The van der Waals surface area contributed by atoms with Gasteiger partial charge in [0.2, 0.25) is 0 Å². The van der Waals surface area contributed by atoms with E-state index in [1.54, 1.807) is 0 Å². The molecule has 0 saturated carbocycles. The molecule has 0 saturated heterocycles. The molecule has 1 aliphatic heterocycles. The first-order valence-electron chi connectivity index (χ1n) is 8.49. The third kappa shape index (κ3) is 2.68. The second kappa shape index (κ2) is 5.94. The lowest BCUT2D eigenvalue weighted by Crippen LogP contribution is -2.29. The molecule has 0 aliphatic carbocycles. The Balaban J connectivity index is 1.90. The number of nitrogens with zero attached hydrogens (tertiary/aromatic N) is 1. The molecule has 4 rings (SSSR count). The van der Waals surface area contributed by atoms with Gasteiger partial charge in [0.15, 0.2) is 6.73 Å². The number of hydrogen-bond acceptors (Lipinski definition) is 2. The highest BCUT2D eigenvalue weighted by atomic mass is 19.4. The van der Waals surface area contributed by atoms with Gasteiger partial charge >= 0.3 is 6.18 Å². The molecular weight excluding hydrogens is 339 g/mol. The molecule has 1 heterocycles. The maximum atomic E-state index is 12.8. The fraction of sp³-hybridized carbons (Fsp3) is 0.238. The summed E-state index contributed by atoms with van der Waals surface area (Å²) >= 11 is 0. The van der Waals surface area contributed by atoms with Gasteiger partial charge in [-0.1, -0.05) is 36.4 Å². The van der Waals surface area contributed by atoms with Gasteiger partial charge in [0.05, 0.1) is 11.3 Å². The molecule has 134 valence electrons. The van der Waals surface area contributed by atoms with E-state index in [-0.39, 0.29) is 6.04 Å². The van der Waals surface area contributed by atoms with Crippen molar-refractivity contribution in [2.45, 2.75) is 26.1 Å². The minimum absolute atomic E-state index is 0.288. The molecule has 0 aromatic heterocycles. The zero-order valence-corrected chi connectivity index (χ0v) is 14.5. The van der Waals surface area contributed by atoms with Gasteiger partial charge in [-0.2, -0.15) is 13.2 Å². The normalized spacial score (nSPS) is 14.0. The van der Waals surface area contributed by atoms with Crippen molar-refractivity contribution in [1.82, 2.24) is 0 Å². The molecule has 3 aromatic rings. The predicted molar refractivity (Wildman–Crippen MR) is 97.5 cm³/mol. The maximum absolute atomic E-state index is 12.8. The Kier molecular flexibility index (Phi) is 3.83. The molecule has 0 spiro atoms. The van der Waals surface area contributed by atoms with E-state index in [4.69, 9.17) is 4.74 Å². The summed E-state index contributed by atoms with van der Waals surface area (Å²) < 4.78 is 44.4. The highest BCUT2D eigenvalue weighted by Gasteiger charge is 2.30. The molecular formula is C21H18F3NO. The average Bonchev–Trinajstić information content (AvgIpc) is 3.05. The summed E-state index contributed by atoms with van der Waals surface area (Å²) in [7, 11) is 0. The van der Waals surface area contributed by atoms with E-state index in [0.717, 1.165) is 45.5 Å². The van der Waals surface area contributed by atoms with Crippen LogP contribution < -0.4 is 9.64 Å². The van der Waals surface area contributed by atoms with E-state index in [2.05, 4.69) is 18.7 Å². The Morgan fingerprint density at radius 2 is 1.62 bits per heavy atom. The highest BCUT2D eigenvalue weighted by molar-refractivity contribution is 6.06. The Morgan fingerprint density at radius 3 is 2.23 bits per heavy atom. The van der Waals surface area contributed by atoms with Gasteiger partial charge in [-0.3, -0.25) is 0 Å². The summed E-state index contributed by atoms with van der Waals surface area (Å²) in [5.74, 6) is 0.771. The largest absolute Gasteiger partial charge is 0.471 e. The van der Waals surface area contributed by atoms with Gasteiger partial charge in [-0.25, -0.2) is 0 Å². The first-order valence-corrected chi connectivity index (χ1v) is 8.49. The van der Waals surface area contributed by atoms with Crippen molar-refractivity contribution in [2.24, 2.45) is 0 Å². The van der Waals surface area contributed by atoms with Crippen LogP contribution >= 0.6 is 0 Å². The zero-order valence-electron chi connectivity index (χ0n) is 14.5. The summed E-state index contributed by atoms with van der Waals surface area (Å²) in [6.45, 7) is 4.70. The fourth-order valence-corrected chi connectivity index (χ4v) is 3.43. The number of anilines is 1. The Labute approximate surface area is 149 Å². The molecule has 0 fully saturated rings. The third-order valence-corrected chi connectivity index (χ3v) is 4.77. The molecule has 2 nitrogen and oxygen atoms in total. The van der Waals surface area contributed by atoms with Crippen molar-refractivity contribution in [3.8, 4) is 16.9 Å². The molecule has 3 aromatic carbocycles. The van der Waals surface area contributed by atoms with Crippen LogP contribution in [0.3, 0.4) is 0 Å². The molecule has 0 radical (unpaired) electrons. The van der Waals surface area contributed by atoms with Crippen LogP contribution in [0.1, 0.15) is 19.4 Å². The van der Waals surface area contributed by atoms with Crippen LogP contribution in [0.2, 0.25) is 0 Å². The topological polar surface area (TPSA) is 12.5 Å². The highest BCUT2D eigenvalue weighted by Crippen LogP contribution is 2.46. The summed E-state index contributed by atoms with van der Waals surface area (Å²) in [6.07, 6.45) is -4.33. The van der Waals surface area contributed by atoms with E-state index < -0.39 is 11.7 Å². The second-order valence-electron chi connectivity index (χ2n) is 6.73. The number of fused-ring (bicyclic) bond motifs is 3. The number of ether oxygens (including phenoxy) is 1. The van der Waals surface area contributed by atoms with Gasteiger partial charge in [0.25, 0.3) is 0 Å². The van der Waals surface area contributed by atoms with Crippen LogP contribution in [0, 0.1) is 0 Å². The Morgan fingerprint density at radius 1 is 0.962 bits per heavy atom. The molecule has 0 bridgehead atoms. The van der Waals surface area contributed by atoms with Gasteiger partial charge in [-0.15, -0.1) is 0 Å². The van der Waals surface area contributed by atoms with Crippen molar-refractivity contribution < 1.29 is 17.9 Å². The lowest BCUT2D eigenvalue weighted by atomic mass is 9.95. The van der Waals surface area contributed by atoms with Gasteiger partial charge in [0.1, 0.15) is 5.75 Å². The summed E-state index contributed by atoms with van der Waals surface area (Å²) in [5.41, 5.74) is 2.02. The van der Waals surface area contributed by atoms with Gasteiger partial charge in [-0.05, 0) is 48.6 Å². The lowest BCUT2D eigenvalue weighted by Gasteiger charge is -2.23. The molecule has 5 heteroatoms. The first kappa shape index (κ1) is 16.8. The van der Waals surface area contributed by atoms with Gasteiger partial charge < -0.3 is 9.64 Å². The van der Waals surface area contributed by atoms with E-state index in [1.807, 2.05) is 30.3 Å². The third-order valence-electron chi connectivity index (χ3n) is 4.77. The number of benzene rings is 3. The molecule has 1 aliphatic rings. The van der Waals surface area contributed by atoms with Crippen LogP contribution in [0.4, 0.5) is 18.9 Å². The van der Waals surface area contributed by atoms with Crippen LogP contribution in [-0.2, 0) is 6.18 Å².